The van der Waals surface area contributed by atoms with Crippen LogP contribution in [0.4, 0.5) is 0 Å². The molecule has 0 aromatic heterocycles. The Kier molecular flexibility index (Phi) is 2.41. The first-order valence-corrected chi connectivity index (χ1v) is 5.72. The van der Waals surface area contributed by atoms with Gasteiger partial charge in [-0.2, -0.15) is 0 Å². The van der Waals surface area contributed by atoms with Crippen LogP contribution in [0.3, 0.4) is 0 Å². The molecule has 0 bridgehead atoms. The highest BCUT2D eigenvalue weighted by Crippen LogP contribution is 2.38. The molecule has 3 nitrogen and oxygen atoms in total. The molecule has 0 atom stereocenters. The van der Waals surface area contributed by atoms with Gasteiger partial charge in [0.05, 0.1) is 6.42 Å². The minimum Gasteiger partial charge on any atom is -0.507 e. The van der Waals surface area contributed by atoms with Gasteiger partial charge in [0.1, 0.15) is 22.7 Å². The third kappa shape index (κ3) is 1.95. The van der Waals surface area contributed by atoms with Gasteiger partial charge in [-0.3, -0.25) is 4.79 Å². The molecule has 0 fully saturated rings. The molecule has 15 heavy (non-hydrogen) atoms. The van der Waals surface area contributed by atoms with Gasteiger partial charge in [0.2, 0.25) is 0 Å². The molecule has 1 N–H and O–H groups in total. The summed E-state index contributed by atoms with van der Waals surface area (Å²) < 4.78 is 6.52. The number of benzene rings is 1. The molecule has 0 radical (unpaired) electrons. The van der Waals surface area contributed by atoms with E-state index in [-0.39, 0.29) is 11.5 Å². The number of ketones is 1. The van der Waals surface area contributed by atoms with Crippen LogP contribution in [0.2, 0.25) is 0 Å². The Morgan fingerprint density at radius 2 is 2.13 bits per heavy atom. The molecule has 1 aromatic rings. The minimum atomic E-state index is -0.485. The molecule has 4 heteroatoms. The Balaban J connectivity index is 2.60. The molecule has 1 aromatic carbocycles. The van der Waals surface area contributed by atoms with Crippen molar-refractivity contribution in [3.8, 4) is 11.5 Å². The summed E-state index contributed by atoms with van der Waals surface area (Å²) in [6.07, 6.45) is 0.300. The number of ether oxygens (including phenoxy) is 1. The van der Waals surface area contributed by atoms with Gasteiger partial charge in [-0.15, -0.1) is 0 Å². The molecule has 2 rings (SSSR count). The molecule has 0 unspecified atom stereocenters. The van der Waals surface area contributed by atoms with E-state index in [0.717, 1.165) is 3.57 Å². The average molecular weight is 318 g/mol. The zero-order chi connectivity index (χ0) is 11.2. The Morgan fingerprint density at radius 1 is 1.47 bits per heavy atom. The van der Waals surface area contributed by atoms with E-state index in [9.17, 15) is 9.90 Å². The van der Waals surface area contributed by atoms with Crippen LogP contribution >= 0.6 is 22.6 Å². The number of halogens is 1. The third-order valence-electron chi connectivity index (χ3n) is 2.30. The molecule has 1 aliphatic heterocycles. The van der Waals surface area contributed by atoms with E-state index in [2.05, 4.69) is 22.6 Å². The van der Waals surface area contributed by atoms with Gasteiger partial charge < -0.3 is 9.84 Å². The molecule has 0 aliphatic carbocycles. The van der Waals surface area contributed by atoms with Crippen molar-refractivity contribution in [2.45, 2.75) is 25.9 Å². The second-order valence-corrected chi connectivity index (χ2v) is 5.51. The monoisotopic (exact) mass is 318 g/mol. The lowest BCUT2D eigenvalue weighted by molar-refractivity contribution is 0.0614. The Labute approximate surface area is 102 Å². The number of Topliss-reactive ketones (excluding diaryl/α,β-unsaturated/α-hetero) is 1. The first-order valence-electron chi connectivity index (χ1n) is 4.64. The van der Waals surface area contributed by atoms with Crippen molar-refractivity contribution in [1.29, 1.82) is 0 Å². The van der Waals surface area contributed by atoms with E-state index in [0.29, 0.717) is 17.7 Å². The van der Waals surface area contributed by atoms with Crippen LogP contribution < -0.4 is 4.74 Å². The number of aromatic hydroxyl groups is 1. The standard InChI is InChI=1S/C11H11IO3/c1-11(2)5-8(14)10-7(13)3-6(12)4-9(10)15-11/h3-4,13H,5H2,1-2H3. The Hall–Kier alpha value is -0.780. The van der Waals surface area contributed by atoms with Crippen LogP contribution in [0.15, 0.2) is 12.1 Å². The first kappa shape index (κ1) is 10.7. The van der Waals surface area contributed by atoms with Crippen molar-refractivity contribution in [3.05, 3.63) is 21.3 Å². The van der Waals surface area contributed by atoms with E-state index in [1.165, 1.54) is 0 Å². The fourth-order valence-corrected chi connectivity index (χ4v) is 2.32. The van der Waals surface area contributed by atoms with Gasteiger partial charge in [-0.1, -0.05) is 0 Å². The van der Waals surface area contributed by atoms with Crippen molar-refractivity contribution in [1.82, 2.24) is 0 Å². The molecule has 0 amide bonds. The van der Waals surface area contributed by atoms with E-state index < -0.39 is 5.60 Å². The Morgan fingerprint density at radius 3 is 2.80 bits per heavy atom. The molecular formula is C11H11IO3. The fourth-order valence-electron chi connectivity index (χ4n) is 1.74. The number of fused-ring (bicyclic) bond motifs is 1. The second-order valence-electron chi connectivity index (χ2n) is 4.26. The highest BCUT2D eigenvalue weighted by molar-refractivity contribution is 14.1. The van der Waals surface area contributed by atoms with Crippen LogP contribution in [-0.4, -0.2) is 16.5 Å². The van der Waals surface area contributed by atoms with Crippen LogP contribution in [0, 0.1) is 3.57 Å². The van der Waals surface area contributed by atoms with Gasteiger partial charge in [0, 0.05) is 3.57 Å². The number of carbonyl (C=O) groups is 1. The topological polar surface area (TPSA) is 46.5 Å². The lowest BCUT2D eigenvalue weighted by Crippen LogP contribution is -2.35. The number of hydrogen-bond donors (Lipinski definition) is 1. The lowest BCUT2D eigenvalue weighted by Gasteiger charge is -2.31. The van der Waals surface area contributed by atoms with Gasteiger partial charge in [0.25, 0.3) is 0 Å². The van der Waals surface area contributed by atoms with E-state index in [4.69, 9.17) is 4.74 Å². The van der Waals surface area contributed by atoms with Crippen molar-refractivity contribution >= 4 is 28.4 Å². The largest absolute Gasteiger partial charge is 0.507 e. The van der Waals surface area contributed by atoms with Crippen molar-refractivity contribution in [2.75, 3.05) is 0 Å². The SMILES string of the molecule is CC1(C)CC(=O)c2c(O)cc(I)cc2O1. The number of phenols is 1. The lowest BCUT2D eigenvalue weighted by atomic mass is 9.93. The summed E-state index contributed by atoms with van der Waals surface area (Å²) in [6.45, 7) is 3.73. The fraction of sp³-hybridized carbons (Fsp3) is 0.364. The quantitative estimate of drug-likeness (QED) is 0.748. The smallest absolute Gasteiger partial charge is 0.174 e. The van der Waals surface area contributed by atoms with E-state index >= 15 is 0 Å². The van der Waals surface area contributed by atoms with Crippen LogP contribution in [0.1, 0.15) is 30.6 Å². The maximum Gasteiger partial charge on any atom is 0.174 e. The number of carbonyl (C=O) groups excluding carboxylic acids is 1. The minimum absolute atomic E-state index is 0.0115. The van der Waals surface area contributed by atoms with E-state index in [1.54, 1.807) is 12.1 Å². The highest BCUT2D eigenvalue weighted by Gasteiger charge is 2.34. The first-order chi connectivity index (χ1) is 6.89. The molecule has 0 saturated heterocycles. The highest BCUT2D eigenvalue weighted by atomic mass is 127. The number of rotatable bonds is 0. The summed E-state index contributed by atoms with van der Waals surface area (Å²) in [6, 6.07) is 3.34. The van der Waals surface area contributed by atoms with Crippen molar-refractivity contribution in [3.63, 3.8) is 0 Å². The number of phenolic OH excluding ortho intramolecular Hbond substituents is 1. The van der Waals surface area contributed by atoms with Gasteiger partial charge in [-0.25, -0.2) is 0 Å². The normalized spacial score (nSPS) is 18.2. The zero-order valence-corrected chi connectivity index (χ0v) is 10.7. The summed E-state index contributed by atoms with van der Waals surface area (Å²) in [5, 5.41) is 9.67. The molecule has 1 heterocycles. The van der Waals surface area contributed by atoms with Gasteiger partial charge >= 0.3 is 0 Å². The van der Waals surface area contributed by atoms with Crippen LogP contribution in [0.5, 0.6) is 11.5 Å². The van der Waals surface area contributed by atoms with Gasteiger partial charge in [0.15, 0.2) is 5.78 Å². The number of hydrogen-bond acceptors (Lipinski definition) is 3. The third-order valence-corrected chi connectivity index (χ3v) is 2.92. The average Bonchev–Trinajstić information content (AvgIpc) is 1.97. The summed E-state index contributed by atoms with van der Waals surface area (Å²) in [5.41, 5.74) is -0.171. The summed E-state index contributed by atoms with van der Waals surface area (Å²) >= 11 is 2.08. The van der Waals surface area contributed by atoms with Crippen LogP contribution in [-0.2, 0) is 0 Å². The summed E-state index contributed by atoms with van der Waals surface area (Å²) in [5.74, 6) is 0.438. The van der Waals surface area contributed by atoms with Crippen molar-refractivity contribution < 1.29 is 14.6 Å². The molecule has 80 valence electrons. The maximum absolute atomic E-state index is 11.8. The zero-order valence-electron chi connectivity index (χ0n) is 8.50. The molecule has 1 aliphatic rings. The van der Waals surface area contributed by atoms with E-state index in [1.807, 2.05) is 13.8 Å². The van der Waals surface area contributed by atoms with Crippen molar-refractivity contribution in [2.24, 2.45) is 0 Å². The summed E-state index contributed by atoms with van der Waals surface area (Å²) in [4.78, 5) is 11.8. The molecular weight excluding hydrogens is 307 g/mol. The predicted octanol–water partition coefficient (Wildman–Crippen LogP) is 2.74. The predicted molar refractivity (Wildman–Crippen MR) is 64.5 cm³/mol. The molecule has 0 spiro atoms. The Bertz CT molecular complexity index is 438. The molecule has 0 saturated carbocycles. The second kappa shape index (κ2) is 3.37. The van der Waals surface area contributed by atoms with Gasteiger partial charge in [-0.05, 0) is 48.6 Å². The van der Waals surface area contributed by atoms with Crippen LogP contribution in [0.25, 0.3) is 0 Å². The summed E-state index contributed by atoms with van der Waals surface area (Å²) in [7, 11) is 0. The maximum atomic E-state index is 11.8.